The van der Waals surface area contributed by atoms with Crippen molar-refractivity contribution in [2.24, 2.45) is 5.92 Å². The molecule has 4 nitrogen and oxygen atoms in total. The first kappa shape index (κ1) is 15.6. The number of piperidine rings is 1. The molecule has 1 amide bonds. The molecule has 1 atom stereocenters. The van der Waals surface area contributed by atoms with E-state index in [2.05, 4.69) is 23.2 Å². The summed E-state index contributed by atoms with van der Waals surface area (Å²) in [6.45, 7) is 7.37. The van der Waals surface area contributed by atoms with E-state index in [1.165, 1.54) is 11.3 Å². The summed E-state index contributed by atoms with van der Waals surface area (Å²) in [6, 6.07) is 6.01. The molecule has 120 valence electrons. The molecule has 1 N–H and O–H groups in total. The second-order valence-corrected chi connectivity index (χ2v) is 6.72. The van der Waals surface area contributed by atoms with E-state index in [0.717, 1.165) is 57.1 Å². The van der Waals surface area contributed by atoms with E-state index in [-0.39, 0.29) is 5.92 Å². The van der Waals surface area contributed by atoms with Crippen molar-refractivity contribution in [3.63, 3.8) is 0 Å². The highest BCUT2D eigenvalue weighted by molar-refractivity contribution is 6.30. The van der Waals surface area contributed by atoms with Crippen LogP contribution in [0.1, 0.15) is 18.4 Å². The van der Waals surface area contributed by atoms with Crippen LogP contribution in [0.25, 0.3) is 0 Å². The van der Waals surface area contributed by atoms with E-state index in [4.69, 9.17) is 11.6 Å². The van der Waals surface area contributed by atoms with Crippen molar-refractivity contribution in [3.8, 4) is 0 Å². The summed E-state index contributed by atoms with van der Waals surface area (Å²) < 4.78 is 0. The lowest BCUT2D eigenvalue weighted by Crippen LogP contribution is -2.52. The summed E-state index contributed by atoms with van der Waals surface area (Å²) in [5.41, 5.74) is 2.43. The van der Waals surface area contributed by atoms with Crippen LogP contribution >= 0.6 is 11.6 Å². The zero-order valence-electron chi connectivity index (χ0n) is 13.1. The summed E-state index contributed by atoms with van der Waals surface area (Å²) in [5, 5.41) is 4.10. The van der Waals surface area contributed by atoms with Crippen LogP contribution in [-0.4, -0.2) is 50.1 Å². The van der Waals surface area contributed by atoms with Gasteiger partial charge in [0.2, 0.25) is 5.91 Å². The number of carbonyl (C=O) groups is 1. The van der Waals surface area contributed by atoms with Crippen LogP contribution in [0.2, 0.25) is 5.02 Å². The molecule has 2 aliphatic rings. The molecule has 1 unspecified atom stereocenters. The van der Waals surface area contributed by atoms with E-state index in [0.29, 0.717) is 5.91 Å². The highest BCUT2D eigenvalue weighted by atomic mass is 35.5. The number of aryl methyl sites for hydroxylation is 1. The summed E-state index contributed by atoms with van der Waals surface area (Å²) >= 11 is 6.12. The first-order valence-corrected chi connectivity index (χ1v) is 8.53. The number of piperazine rings is 1. The molecule has 22 heavy (non-hydrogen) atoms. The lowest BCUT2D eigenvalue weighted by atomic mass is 9.98. The first-order valence-electron chi connectivity index (χ1n) is 8.16. The maximum absolute atomic E-state index is 12.6. The molecule has 2 fully saturated rings. The SMILES string of the molecule is Cc1ccc(Cl)cc1N1CCN(C(=O)C2CCCNC2)CC1. The Hall–Kier alpha value is -1.26. The van der Waals surface area contributed by atoms with Gasteiger partial charge in [-0.05, 0) is 44.0 Å². The highest BCUT2D eigenvalue weighted by Gasteiger charge is 2.28. The molecule has 0 aliphatic carbocycles. The molecule has 3 rings (SSSR count). The molecular formula is C17H24ClN3O. The van der Waals surface area contributed by atoms with Crippen molar-refractivity contribution in [1.29, 1.82) is 0 Å². The molecule has 0 radical (unpaired) electrons. The molecule has 0 spiro atoms. The molecule has 1 aromatic carbocycles. The van der Waals surface area contributed by atoms with Gasteiger partial charge in [-0.15, -0.1) is 0 Å². The maximum Gasteiger partial charge on any atom is 0.227 e. The van der Waals surface area contributed by atoms with Gasteiger partial charge in [0, 0.05) is 43.4 Å². The molecule has 2 aliphatic heterocycles. The van der Waals surface area contributed by atoms with Gasteiger partial charge in [0.25, 0.3) is 0 Å². The quantitative estimate of drug-likeness (QED) is 0.908. The Bertz CT molecular complexity index is 535. The van der Waals surface area contributed by atoms with Crippen LogP contribution in [0, 0.1) is 12.8 Å². The monoisotopic (exact) mass is 321 g/mol. The Morgan fingerprint density at radius 2 is 2.05 bits per heavy atom. The molecule has 0 bridgehead atoms. The average Bonchev–Trinajstić information content (AvgIpc) is 2.57. The molecule has 2 saturated heterocycles. The lowest BCUT2D eigenvalue weighted by Gasteiger charge is -2.38. The smallest absolute Gasteiger partial charge is 0.227 e. The Labute approximate surface area is 137 Å². The number of hydrogen-bond acceptors (Lipinski definition) is 3. The highest BCUT2D eigenvalue weighted by Crippen LogP contribution is 2.25. The fourth-order valence-corrected chi connectivity index (χ4v) is 3.58. The van der Waals surface area contributed by atoms with E-state index in [1.54, 1.807) is 0 Å². The minimum absolute atomic E-state index is 0.174. The van der Waals surface area contributed by atoms with E-state index in [1.807, 2.05) is 17.0 Å². The molecule has 5 heteroatoms. The Morgan fingerprint density at radius 1 is 1.27 bits per heavy atom. The van der Waals surface area contributed by atoms with Crippen molar-refractivity contribution in [3.05, 3.63) is 28.8 Å². The lowest BCUT2D eigenvalue weighted by molar-refractivity contribution is -0.136. The van der Waals surface area contributed by atoms with Gasteiger partial charge in [-0.1, -0.05) is 17.7 Å². The van der Waals surface area contributed by atoms with Crippen LogP contribution < -0.4 is 10.2 Å². The summed E-state index contributed by atoms with van der Waals surface area (Å²) in [4.78, 5) is 16.9. The van der Waals surface area contributed by atoms with Gasteiger partial charge in [-0.2, -0.15) is 0 Å². The second-order valence-electron chi connectivity index (χ2n) is 6.29. The molecule has 1 aromatic rings. The van der Waals surface area contributed by atoms with Gasteiger partial charge in [0.15, 0.2) is 0 Å². The van der Waals surface area contributed by atoms with Crippen molar-refractivity contribution >= 4 is 23.2 Å². The van der Waals surface area contributed by atoms with Crippen LogP contribution in [0.5, 0.6) is 0 Å². The minimum Gasteiger partial charge on any atom is -0.368 e. The van der Waals surface area contributed by atoms with Crippen LogP contribution in [0.15, 0.2) is 18.2 Å². The zero-order valence-corrected chi connectivity index (χ0v) is 13.9. The van der Waals surface area contributed by atoms with Crippen LogP contribution in [-0.2, 0) is 4.79 Å². The largest absolute Gasteiger partial charge is 0.368 e. The normalized spacial score (nSPS) is 22.7. The number of rotatable bonds is 2. The van der Waals surface area contributed by atoms with Crippen molar-refractivity contribution in [2.45, 2.75) is 19.8 Å². The number of nitrogens with zero attached hydrogens (tertiary/aromatic N) is 2. The topological polar surface area (TPSA) is 35.6 Å². The van der Waals surface area contributed by atoms with Crippen LogP contribution in [0.4, 0.5) is 5.69 Å². The van der Waals surface area contributed by atoms with E-state index in [9.17, 15) is 4.79 Å². The fourth-order valence-electron chi connectivity index (χ4n) is 3.41. The number of nitrogens with one attached hydrogen (secondary N) is 1. The fraction of sp³-hybridized carbons (Fsp3) is 0.588. The van der Waals surface area contributed by atoms with Crippen LogP contribution in [0.3, 0.4) is 0 Å². The van der Waals surface area contributed by atoms with Gasteiger partial charge in [0.05, 0.1) is 5.92 Å². The Balaban J connectivity index is 1.60. The average molecular weight is 322 g/mol. The number of halogens is 1. The van der Waals surface area contributed by atoms with Crippen molar-refractivity contribution < 1.29 is 4.79 Å². The molecule has 2 heterocycles. The number of anilines is 1. The third-order valence-electron chi connectivity index (χ3n) is 4.75. The predicted molar refractivity (Wildman–Crippen MR) is 90.6 cm³/mol. The van der Waals surface area contributed by atoms with Gasteiger partial charge >= 0.3 is 0 Å². The van der Waals surface area contributed by atoms with Gasteiger partial charge in [0.1, 0.15) is 0 Å². The van der Waals surface area contributed by atoms with Crippen molar-refractivity contribution in [2.75, 3.05) is 44.2 Å². The Morgan fingerprint density at radius 3 is 2.73 bits per heavy atom. The minimum atomic E-state index is 0.174. The number of carbonyl (C=O) groups excluding carboxylic acids is 1. The summed E-state index contributed by atoms with van der Waals surface area (Å²) in [7, 11) is 0. The number of hydrogen-bond donors (Lipinski definition) is 1. The first-order chi connectivity index (χ1) is 10.6. The molecule has 0 saturated carbocycles. The van der Waals surface area contributed by atoms with E-state index < -0.39 is 0 Å². The summed E-state index contributed by atoms with van der Waals surface area (Å²) in [6.07, 6.45) is 2.14. The van der Waals surface area contributed by atoms with Crippen molar-refractivity contribution in [1.82, 2.24) is 10.2 Å². The second kappa shape index (κ2) is 6.88. The van der Waals surface area contributed by atoms with Gasteiger partial charge in [-0.25, -0.2) is 0 Å². The number of amides is 1. The maximum atomic E-state index is 12.6. The predicted octanol–water partition coefficient (Wildman–Crippen LogP) is 2.30. The standard InChI is InChI=1S/C17H24ClN3O/c1-13-4-5-15(18)11-16(13)20-7-9-21(10-8-20)17(22)14-3-2-6-19-12-14/h4-5,11,14,19H,2-3,6-10,12H2,1H3. The zero-order chi connectivity index (χ0) is 15.5. The number of benzene rings is 1. The molecule has 0 aromatic heterocycles. The van der Waals surface area contributed by atoms with Gasteiger partial charge in [-0.3, -0.25) is 4.79 Å². The third kappa shape index (κ3) is 3.39. The van der Waals surface area contributed by atoms with Gasteiger partial charge < -0.3 is 15.1 Å². The third-order valence-corrected chi connectivity index (χ3v) is 4.98. The van der Waals surface area contributed by atoms with E-state index >= 15 is 0 Å². The Kier molecular flexibility index (Phi) is 4.89. The summed E-state index contributed by atoms with van der Waals surface area (Å²) in [5.74, 6) is 0.503. The molecular weight excluding hydrogens is 298 g/mol.